The quantitative estimate of drug-likeness (QED) is 0.167. The maximum absolute atomic E-state index is 8.36. The van der Waals surface area contributed by atoms with Crippen LogP contribution >= 0.6 is 0 Å². The van der Waals surface area contributed by atoms with Gasteiger partial charge in [0.15, 0.2) is 11.9 Å². The molecule has 9 nitrogen and oxygen atoms in total. The van der Waals surface area contributed by atoms with Gasteiger partial charge in [0, 0.05) is 13.1 Å². The number of rotatable bonds is 1. The highest BCUT2D eigenvalue weighted by atomic mass is 16.9. The van der Waals surface area contributed by atoms with Gasteiger partial charge in [-0.2, -0.15) is 0 Å². The van der Waals surface area contributed by atoms with Crippen LogP contribution < -0.4 is 16.4 Å². The highest BCUT2D eigenvalue weighted by Gasteiger charge is 1.98. The minimum atomic E-state index is -1.50. The van der Waals surface area contributed by atoms with Gasteiger partial charge >= 0.3 is 0 Å². The van der Waals surface area contributed by atoms with Crippen LogP contribution in [0.2, 0.25) is 0 Å². The molecule has 0 aliphatic carbocycles. The van der Waals surface area contributed by atoms with Crippen molar-refractivity contribution in [3.05, 3.63) is 10.1 Å². The Morgan fingerprint density at radius 2 is 2.07 bits per heavy atom. The monoisotopic (exact) mass is 220 g/mol. The Morgan fingerprint density at radius 3 is 2.27 bits per heavy atom. The summed E-state index contributed by atoms with van der Waals surface area (Å²) in [5, 5.41) is 26.1. The molecule has 0 unspecified atom stereocenters. The van der Waals surface area contributed by atoms with Crippen molar-refractivity contribution in [3.63, 3.8) is 0 Å². The molecule has 0 rings (SSSR count). The van der Waals surface area contributed by atoms with Gasteiger partial charge in [-0.05, 0) is 13.8 Å². The number of guanidine groups is 2. The molecular formula is C6H16N6O3. The molecule has 0 amide bonds. The molecule has 6 N–H and O–H groups in total. The molecule has 0 bridgehead atoms. The fraction of sp³-hybridized carbons (Fsp3) is 0.667. The summed E-state index contributed by atoms with van der Waals surface area (Å²) in [6.45, 7) is 3.96. The molecule has 9 heteroatoms. The Kier molecular flexibility index (Phi) is 8.77. The number of hydrogen-bond donors (Lipinski definition) is 5. The summed E-state index contributed by atoms with van der Waals surface area (Å²) in [7, 11) is 1.63. The summed E-state index contributed by atoms with van der Waals surface area (Å²) < 4.78 is 0. The van der Waals surface area contributed by atoms with E-state index in [1.54, 1.807) is 7.05 Å². The van der Waals surface area contributed by atoms with Gasteiger partial charge in [-0.1, -0.05) is 0 Å². The van der Waals surface area contributed by atoms with Crippen LogP contribution in [0.1, 0.15) is 13.8 Å². The topological polar surface area (TPSA) is 150 Å². The van der Waals surface area contributed by atoms with Crippen LogP contribution in [0.3, 0.4) is 0 Å². The van der Waals surface area contributed by atoms with Gasteiger partial charge in [0.25, 0.3) is 5.09 Å². The van der Waals surface area contributed by atoms with Crippen molar-refractivity contribution in [1.82, 2.24) is 10.6 Å². The number of nitrogens with one attached hydrogen (secondary N) is 3. The molecular weight excluding hydrogens is 204 g/mol. The fourth-order valence-electron chi connectivity index (χ4n) is 0.558. The fourth-order valence-corrected chi connectivity index (χ4v) is 0.558. The summed E-state index contributed by atoms with van der Waals surface area (Å²) in [5.74, 6) is 0.409. The zero-order chi connectivity index (χ0) is 12.4. The SMILES string of the molecule is CN=C(NC(=N)N)NC(C)C.O=[N+]([O-])O. The zero-order valence-corrected chi connectivity index (χ0v) is 8.81. The lowest BCUT2D eigenvalue weighted by atomic mass is 10.4. The highest BCUT2D eigenvalue weighted by molar-refractivity contribution is 5.96. The van der Waals surface area contributed by atoms with E-state index in [0.29, 0.717) is 5.96 Å². The molecule has 0 atom stereocenters. The van der Waals surface area contributed by atoms with E-state index in [0.717, 1.165) is 0 Å². The van der Waals surface area contributed by atoms with Crippen molar-refractivity contribution in [1.29, 1.82) is 5.41 Å². The second-order valence-corrected chi connectivity index (χ2v) is 2.65. The molecule has 0 aliphatic rings. The van der Waals surface area contributed by atoms with E-state index >= 15 is 0 Å². The predicted octanol–water partition coefficient (Wildman–Crippen LogP) is -0.894. The normalized spacial score (nSPS) is 10.0. The summed E-state index contributed by atoms with van der Waals surface area (Å²) in [4.78, 5) is 12.2. The molecule has 0 spiro atoms. The average Bonchev–Trinajstić information content (AvgIpc) is 2.00. The van der Waals surface area contributed by atoms with Gasteiger partial charge < -0.3 is 16.3 Å². The average molecular weight is 220 g/mol. The summed E-state index contributed by atoms with van der Waals surface area (Å²) in [6, 6.07) is 0.278. The lowest BCUT2D eigenvalue weighted by molar-refractivity contribution is -0.742. The first kappa shape index (κ1) is 15.4. The molecule has 0 heterocycles. The third-order valence-electron chi connectivity index (χ3n) is 0.902. The van der Waals surface area contributed by atoms with Gasteiger partial charge in [0.05, 0.1) is 0 Å². The van der Waals surface area contributed by atoms with Crippen molar-refractivity contribution < 1.29 is 10.3 Å². The second-order valence-electron chi connectivity index (χ2n) is 2.65. The largest absolute Gasteiger partial charge is 0.370 e. The third kappa shape index (κ3) is 18.7. The van der Waals surface area contributed by atoms with E-state index in [-0.39, 0.29) is 12.0 Å². The van der Waals surface area contributed by atoms with Crippen molar-refractivity contribution in [2.24, 2.45) is 10.7 Å². The van der Waals surface area contributed by atoms with Crippen LogP contribution in [0.15, 0.2) is 4.99 Å². The van der Waals surface area contributed by atoms with Gasteiger partial charge in [-0.15, -0.1) is 10.1 Å². The molecule has 0 saturated carbocycles. The number of nitrogens with two attached hydrogens (primary N) is 1. The summed E-state index contributed by atoms with van der Waals surface area (Å²) in [6.07, 6.45) is 0. The smallest absolute Gasteiger partial charge is 0.291 e. The molecule has 88 valence electrons. The molecule has 0 aromatic rings. The van der Waals surface area contributed by atoms with E-state index in [4.69, 9.17) is 26.5 Å². The predicted molar refractivity (Wildman–Crippen MR) is 55.5 cm³/mol. The highest BCUT2D eigenvalue weighted by Crippen LogP contribution is 1.75. The lowest BCUT2D eigenvalue weighted by Gasteiger charge is -2.12. The van der Waals surface area contributed by atoms with Crippen molar-refractivity contribution in [2.75, 3.05) is 7.05 Å². The second kappa shape index (κ2) is 8.53. The molecule has 0 aromatic heterocycles. The third-order valence-corrected chi connectivity index (χ3v) is 0.902. The Balaban J connectivity index is 0. The first-order valence-corrected chi connectivity index (χ1v) is 3.97. The van der Waals surface area contributed by atoms with E-state index in [9.17, 15) is 0 Å². The van der Waals surface area contributed by atoms with Crippen LogP contribution in [0.5, 0.6) is 0 Å². The van der Waals surface area contributed by atoms with Crippen molar-refractivity contribution in [3.8, 4) is 0 Å². The maximum atomic E-state index is 8.36. The molecule has 0 fully saturated rings. The Hall–Kier alpha value is -2.06. The van der Waals surface area contributed by atoms with Gasteiger partial charge in [0.2, 0.25) is 0 Å². The maximum Gasteiger partial charge on any atom is 0.291 e. The molecule has 0 aromatic carbocycles. The first-order chi connectivity index (χ1) is 6.79. The number of aliphatic imine (C=N–C) groups is 1. The minimum absolute atomic E-state index is 0.112. The van der Waals surface area contributed by atoms with Crippen LogP contribution in [0.4, 0.5) is 0 Å². The van der Waals surface area contributed by atoms with E-state index in [1.165, 1.54) is 0 Å². The molecule has 0 radical (unpaired) electrons. The minimum Gasteiger partial charge on any atom is -0.370 e. The summed E-state index contributed by atoms with van der Waals surface area (Å²) >= 11 is 0. The van der Waals surface area contributed by atoms with Gasteiger partial charge in [0.1, 0.15) is 0 Å². The number of hydrogen-bond acceptors (Lipinski definition) is 4. The van der Waals surface area contributed by atoms with Gasteiger partial charge in [-0.25, -0.2) is 0 Å². The molecule has 0 saturated heterocycles. The van der Waals surface area contributed by atoms with Crippen LogP contribution in [-0.4, -0.2) is 35.3 Å². The van der Waals surface area contributed by atoms with Crippen LogP contribution in [0, 0.1) is 15.5 Å². The standard InChI is InChI=1S/C6H15N5.HNO3/c1-4(2)10-6(9-3)11-5(7)8;2-1(3)4/h4H,1-3H3,(H5,7,8,9,10,11);(H,2,3,4). The Labute approximate surface area is 87.0 Å². The van der Waals surface area contributed by atoms with Gasteiger partial charge in [-0.3, -0.25) is 15.7 Å². The van der Waals surface area contributed by atoms with Crippen molar-refractivity contribution in [2.45, 2.75) is 19.9 Å². The van der Waals surface area contributed by atoms with Crippen LogP contribution in [-0.2, 0) is 0 Å². The summed E-state index contributed by atoms with van der Waals surface area (Å²) in [5.41, 5.74) is 5.10. The first-order valence-electron chi connectivity index (χ1n) is 3.97. The molecule has 15 heavy (non-hydrogen) atoms. The molecule has 0 aliphatic heterocycles. The van der Waals surface area contributed by atoms with Crippen LogP contribution in [0.25, 0.3) is 0 Å². The van der Waals surface area contributed by atoms with Crippen molar-refractivity contribution >= 4 is 11.9 Å². The van der Waals surface area contributed by atoms with E-state index in [2.05, 4.69) is 15.6 Å². The Morgan fingerprint density at radius 1 is 1.67 bits per heavy atom. The lowest BCUT2D eigenvalue weighted by Crippen LogP contribution is -2.46. The van der Waals surface area contributed by atoms with E-state index in [1.807, 2.05) is 13.8 Å². The number of nitrogens with zero attached hydrogens (tertiary/aromatic N) is 2. The van der Waals surface area contributed by atoms with E-state index < -0.39 is 5.09 Å². The Bertz CT molecular complexity index is 235. The zero-order valence-electron chi connectivity index (χ0n) is 8.81.